The molecule has 1 aromatic rings. The zero-order valence-corrected chi connectivity index (χ0v) is 10.1. The molecular weight excluding hydrogens is 222 g/mol. The SMILES string of the molecule is CCCCS(=O)(=O)Cc1cccc(C#N)c1. The summed E-state index contributed by atoms with van der Waals surface area (Å²) in [5.41, 5.74) is 1.19. The second-order valence-corrected chi connectivity index (χ2v) is 5.94. The van der Waals surface area contributed by atoms with Gasteiger partial charge in [0.1, 0.15) is 0 Å². The molecule has 16 heavy (non-hydrogen) atoms. The lowest BCUT2D eigenvalue weighted by Gasteiger charge is -2.03. The second kappa shape index (κ2) is 5.66. The summed E-state index contributed by atoms with van der Waals surface area (Å²) in [6.45, 7) is 1.96. The highest BCUT2D eigenvalue weighted by atomic mass is 32.2. The summed E-state index contributed by atoms with van der Waals surface area (Å²) in [6.07, 6.45) is 1.57. The van der Waals surface area contributed by atoms with E-state index >= 15 is 0 Å². The minimum Gasteiger partial charge on any atom is -0.228 e. The zero-order valence-electron chi connectivity index (χ0n) is 9.31. The lowest BCUT2D eigenvalue weighted by Crippen LogP contribution is -2.09. The molecule has 0 N–H and O–H groups in total. The van der Waals surface area contributed by atoms with Crippen molar-refractivity contribution in [1.82, 2.24) is 0 Å². The molecular formula is C12H15NO2S. The molecule has 0 amide bonds. The second-order valence-electron chi connectivity index (χ2n) is 3.76. The van der Waals surface area contributed by atoms with Crippen LogP contribution < -0.4 is 0 Å². The number of nitriles is 1. The molecule has 0 aromatic heterocycles. The Labute approximate surface area is 96.6 Å². The van der Waals surface area contributed by atoms with Crippen molar-refractivity contribution >= 4 is 9.84 Å². The van der Waals surface area contributed by atoms with E-state index in [0.29, 0.717) is 17.5 Å². The molecule has 0 aliphatic rings. The van der Waals surface area contributed by atoms with E-state index in [1.807, 2.05) is 13.0 Å². The topological polar surface area (TPSA) is 57.9 Å². The minimum absolute atomic E-state index is 0.0303. The summed E-state index contributed by atoms with van der Waals surface area (Å²) >= 11 is 0. The normalized spacial score (nSPS) is 11.0. The van der Waals surface area contributed by atoms with Gasteiger partial charge >= 0.3 is 0 Å². The number of benzene rings is 1. The van der Waals surface area contributed by atoms with Crippen LogP contribution in [0.5, 0.6) is 0 Å². The Morgan fingerprint density at radius 1 is 1.38 bits per heavy atom. The molecule has 0 aliphatic heterocycles. The van der Waals surface area contributed by atoms with E-state index in [0.717, 1.165) is 6.42 Å². The van der Waals surface area contributed by atoms with Crippen molar-refractivity contribution in [3.05, 3.63) is 35.4 Å². The number of rotatable bonds is 5. The fourth-order valence-corrected chi connectivity index (χ4v) is 2.98. The highest BCUT2D eigenvalue weighted by Gasteiger charge is 2.11. The quantitative estimate of drug-likeness (QED) is 0.789. The van der Waals surface area contributed by atoms with Crippen LogP contribution in [0.3, 0.4) is 0 Å². The van der Waals surface area contributed by atoms with Crippen molar-refractivity contribution in [1.29, 1.82) is 5.26 Å². The Morgan fingerprint density at radius 2 is 2.12 bits per heavy atom. The number of hydrogen-bond acceptors (Lipinski definition) is 3. The van der Waals surface area contributed by atoms with Gasteiger partial charge in [-0.2, -0.15) is 5.26 Å². The van der Waals surface area contributed by atoms with Crippen LogP contribution in [0.25, 0.3) is 0 Å². The Hall–Kier alpha value is -1.34. The average Bonchev–Trinajstić information content (AvgIpc) is 2.26. The fourth-order valence-electron chi connectivity index (χ4n) is 1.42. The van der Waals surface area contributed by atoms with Crippen molar-refractivity contribution in [2.45, 2.75) is 25.5 Å². The molecule has 86 valence electrons. The molecule has 0 bridgehead atoms. The summed E-state index contributed by atoms with van der Waals surface area (Å²) in [4.78, 5) is 0. The van der Waals surface area contributed by atoms with Crippen LogP contribution in [0.2, 0.25) is 0 Å². The first-order chi connectivity index (χ1) is 7.57. The largest absolute Gasteiger partial charge is 0.228 e. The number of nitrogens with zero attached hydrogens (tertiary/aromatic N) is 1. The van der Waals surface area contributed by atoms with Crippen LogP contribution in [0.15, 0.2) is 24.3 Å². The Kier molecular flexibility index (Phi) is 4.51. The third kappa shape index (κ3) is 4.03. The van der Waals surface area contributed by atoms with E-state index in [1.165, 1.54) is 0 Å². The Morgan fingerprint density at radius 3 is 2.75 bits per heavy atom. The molecule has 3 nitrogen and oxygen atoms in total. The van der Waals surface area contributed by atoms with Crippen LogP contribution in [0.1, 0.15) is 30.9 Å². The Balaban J connectivity index is 2.77. The average molecular weight is 237 g/mol. The molecule has 0 aliphatic carbocycles. The van der Waals surface area contributed by atoms with Crippen LogP contribution >= 0.6 is 0 Å². The van der Waals surface area contributed by atoms with E-state index in [9.17, 15) is 8.42 Å². The van der Waals surface area contributed by atoms with Gasteiger partial charge in [-0.05, 0) is 24.1 Å². The number of sulfone groups is 1. The van der Waals surface area contributed by atoms with E-state index in [2.05, 4.69) is 0 Å². The highest BCUT2D eigenvalue weighted by molar-refractivity contribution is 7.90. The van der Waals surface area contributed by atoms with Crippen molar-refractivity contribution < 1.29 is 8.42 Å². The van der Waals surface area contributed by atoms with Gasteiger partial charge in [0.15, 0.2) is 9.84 Å². The molecule has 1 rings (SSSR count). The summed E-state index contributed by atoms with van der Waals surface area (Å²) in [5, 5.41) is 8.70. The lowest BCUT2D eigenvalue weighted by atomic mass is 10.2. The summed E-state index contributed by atoms with van der Waals surface area (Å²) in [7, 11) is -3.03. The van der Waals surface area contributed by atoms with E-state index < -0.39 is 9.84 Å². The van der Waals surface area contributed by atoms with Gasteiger partial charge in [-0.1, -0.05) is 25.5 Å². The summed E-state index contributed by atoms with van der Waals surface area (Å²) < 4.78 is 23.4. The minimum atomic E-state index is -3.03. The molecule has 0 fully saturated rings. The molecule has 0 saturated heterocycles. The first kappa shape index (κ1) is 12.7. The van der Waals surface area contributed by atoms with Crippen molar-refractivity contribution in [2.75, 3.05) is 5.75 Å². The van der Waals surface area contributed by atoms with Gasteiger partial charge in [0.05, 0.1) is 23.1 Å². The van der Waals surface area contributed by atoms with E-state index in [-0.39, 0.29) is 11.5 Å². The first-order valence-corrected chi connectivity index (χ1v) is 7.09. The van der Waals surface area contributed by atoms with Crippen molar-refractivity contribution in [3.8, 4) is 6.07 Å². The maximum absolute atomic E-state index is 11.7. The van der Waals surface area contributed by atoms with Crippen molar-refractivity contribution in [3.63, 3.8) is 0 Å². The lowest BCUT2D eigenvalue weighted by molar-refractivity contribution is 0.592. The van der Waals surface area contributed by atoms with E-state index in [4.69, 9.17) is 5.26 Å². The number of unbranched alkanes of at least 4 members (excludes halogenated alkanes) is 1. The summed E-state index contributed by atoms with van der Waals surface area (Å²) in [5.74, 6) is 0.253. The molecule has 0 heterocycles. The predicted molar refractivity (Wildman–Crippen MR) is 63.6 cm³/mol. The Bertz CT molecular complexity index is 486. The molecule has 1 aromatic carbocycles. The van der Waals surface area contributed by atoms with Gasteiger partial charge in [0.2, 0.25) is 0 Å². The highest BCUT2D eigenvalue weighted by Crippen LogP contribution is 2.10. The van der Waals surface area contributed by atoms with Gasteiger partial charge in [0, 0.05) is 0 Å². The molecule has 0 spiro atoms. The molecule has 0 unspecified atom stereocenters. The van der Waals surface area contributed by atoms with Gasteiger partial charge in [-0.15, -0.1) is 0 Å². The standard InChI is InChI=1S/C12H15NO2S/c1-2-3-7-16(14,15)10-12-6-4-5-11(8-12)9-13/h4-6,8H,2-3,7,10H2,1H3. The fraction of sp³-hybridized carbons (Fsp3) is 0.417. The first-order valence-electron chi connectivity index (χ1n) is 5.27. The smallest absolute Gasteiger partial charge is 0.154 e. The van der Waals surface area contributed by atoms with Crippen LogP contribution in [0.4, 0.5) is 0 Å². The predicted octanol–water partition coefficient (Wildman–Crippen LogP) is 2.27. The van der Waals surface area contributed by atoms with Gasteiger partial charge in [-0.3, -0.25) is 0 Å². The number of hydrogen-bond donors (Lipinski definition) is 0. The third-order valence-corrected chi connectivity index (χ3v) is 3.94. The van der Waals surface area contributed by atoms with Crippen molar-refractivity contribution in [2.24, 2.45) is 0 Å². The van der Waals surface area contributed by atoms with Crippen LogP contribution in [0, 0.1) is 11.3 Å². The van der Waals surface area contributed by atoms with E-state index in [1.54, 1.807) is 24.3 Å². The molecule has 0 saturated carbocycles. The van der Waals surface area contributed by atoms with Crippen LogP contribution in [-0.2, 0) is 15.6 Å². The maximum atomic E-state index is 11.7. The summed E-state index contributed by atoms with van der Waals surface area (Å²) in [6, 6.07) is 8.75. The zero-order chi connectivity index (χ0) is 12.0. The van der Waals surface area contributed by atoms with Crippen LogP contribution in [-0.4, -0.2) is 14.2 Å². The molecule has 0 radical (unpaired) electrons. The monoisotopic (exact) mass is 237 g/mol. The van der Waals surface area contributed by atoms with Gasteiger partial charge in [0.25, 0.3) is 0 Å². The van der Waals surface area contributed by atoms with Gasteiger partial charge in [-0.25, -0.2) is 8.42 Å². The molecule has 4 heteroatoms. The van der Waals surface area contributed by atoms with Gasteiger partial charge < -0.3 is 0 Å². The maximum Gasteiger partial charge on any atom is 0.154 e. The molecule has 0 atom stereocenters. The third-order valence-electron chi connectivity index (χ3n) is 2.25.